The summed E-state index contributed by atoms with van der Waals surface area (Å²) in [4.78, 5) is 0. The first-order valence-corrected chi connectivity index (χ1v) is 8.79. The van der Waals surface area contributed by atoms with Crippen LogP contribution in [0.2, 0.25) is 0 Å². The Kier molecular flexibility index (Phi) is 5.52. The topological polar surface area (TPSA) is 21.3 Å². The number of nitrogens with one attached hydrogen (secondary N) is 1. The zero-order chi connectivity index (χ0) is 15.2. The summed E-state index contributed by atoms with van der Waals surface area (Å²) >= 11 is 3.62. The Morgan fingerprint density at radius 2 is 1.77 bits per heavy atom. The highest BCUT2D eigenvalue weighted by Gasteiger charge is 2.14. The molecular weight excluding hydrogens is 338 g/mol. The van der Waals surface area contributed by atoms with Gasteiger partial charge in [-0.3, -0.25) is 0 Å². The maximum Gasteiger partial charge on any atom is 0.134 e. The molecule has 3 rings (SSSR count). The molecule has 2 nitrogen and oxygen atoms in total. The van der Waals surface area contributed by atoms with E-state index in [0.29, 0.717) is 12.6 Å². The number of hydrogen-bond donors (Lipinski definition) is 1. The molecule has 0 bridgehead atoms. The average molecular weight is 360 g/mol. The third-order valence-corrected chi connectivity index (χ3v) is 4.80. The van der Waals surface area contributed by atoms with Crippen LogP contribution in [0.4, 0.5) is 0 Å². The molecule has 1 aliphatic rings. The van der Waals surface area contributed by atoms with Gasteiger partial charge in [0.25, 0.3) is 0 Å². The van der Waals surface area contributed by atoms with Gasteiger partial charge in [-0.05, 0) is 52.0 Å². The van der Waals surface area contributed by atoms with Gasteiger partial charge < -0.3 is 10.1 Å². The van der Waals surface area contributed by atoms with Crippen LogP contribution in [0.3, 0.4) is 0 Å². The smallest absolute Gasteiger partial charge is 0.134 e. The van der Waals surface area contributed by atoms with Crippen LogP contribution in [-0.2, 0) is 13.2 Å². The van der Waals surface area contributed by atoms with Crippen LogP contribution in [0.25, 0.3) is 0 Å². The van der Waals surface area contributed by atoms with Crippen molar-refractivity contribution in [2.75, 3.05) is 0 Å². The van der Waals surface area contributed by atoms with Crippen LogP contribution in [-0.4, -0.2) is 6.04 Å². The van der Waals surface area contributed by atoms with Crippen LogP contribution in [0.5, 0.6) is 5.75 Å². The van der Waals surface area contributed by atoms with Crippen molar-refractivity contribution >= 4 is 15.9 Å². The fraction of sp³-hybridized carbons (Fsp3) is 0.368. The van der Waals surface area contributed by atoms with E-state index in [9.17, 15) is 0 Å². The van der Waals surface area contributed by atoms with Gasteiger partial charge in [0.15, 0.2) is 0 Å². The largest absolute Gasteiger partial charge is 0.488 e. The van der Waals surface area contributed by atoms with E-state index in [4.69, 9.17) is 4.74 Å². The SMILES string of the molecule is Brc1cc(CNC2CCCC2)ccc1OCc1ccccc1. The number of benzene rings is 2. The van der Waals surface area contributed by atoms with Crippen molar-refractivity contribution in [1.82, 2.24) is 5.32 Å². The molecule has 2 aromatic carbocycles. The fourth-order valence-corrected chi connectivity index (χ4v) is 3.44. The van der Waals surface area contributed by atoms with E-state index in [1.165, 1.54) is 36.8 Å². The molecule has 0 atom stereocenters. The second-order valence-electron chi connectivity index (χ2n) is 5.90. The van der Waals surface area contributed by atoms with E-state index >= 15 is 0 Å². The number of ether oxygens (including phenoxy) is 1. The lowest BCUT2D eigenvalue weighted by Crippen LogP contribution is -2.25. The van der Waals surface area contributed by atoms with Crippen LogP contribution in [0.15, 0.2) is 53.0 Å². The van der Waals surface area contributed by atoms with Gasteiger partial charge >= 0.3 is 0 Å². The summed E-state index contributed by atoms with van der Waals surface area (Å²) in [5.41, 5.74) is 2.48. The molecule has 1 saturated carbocycles. The molecule has 0 amide bonds. The molecule has 22 heavy (non-hydrogen) atoms. The van der Waals surface area contributed by atoms with Gasteiger partial charge in [0.1, 0.15) is 12.4 Å². The Balaban J connectivity index is 1.54. The second-order valence-corrected chi connectivity index (χ2v) is 6.76. The summed E-state index contributed by atoms with van der Waals surface area (Å²) in [6.45, 7) is 1.53. The van der Waals surface area contributed by atoms with Crippen molar-refractivity contribution in [3.63, 3.8) is 0 Å². The summed E-state index contributed by atoms with van der Waals surface area (Å²) in [6, 6.07) is 17.3. The molecule has 3 heteroatoms. The van der Waals surface area contributed by atoms with Gasteiger partial charge in [-0.25, -0.2) is 0 Å². The normalized spacial score (nSPS) is 15.1. The summed E-state index contributed by atoms with van der Waals surface area (Å²) in [6.07, 6.45) is 5.38. The van der Waals surface area contributed by atoms with E-state index < -0.39 is 0 Å². The molecule has 0 heterocycles. The van der Waals surface area contributed by atoms with Crippen molar-refractivity contribution in [2.24, 2.45) is 0 Å². The molecule has 1 fully saturated rings. The van der Waals surface area contributed by atoms with E-state index in [0.717, 1.165) is 16.8 Å². The Morgan fingerprint density at radius 3 is 2.50 bits per heavy atom. The first-order valence-electron chi connectivity index (χ1n) is 8.00. The number of rotatable bonds is 6. The molecule has 1 N–H and O–H groups in total. The van der Waals surface area contributed by atoms with Crippen LogP contribution < -0.4 is 10.1 Å². The molecule has 2 aromatic rings. The Bertz CT molecular complexity index is 594. The second kappa shape index (κ2) is 7.80. The molecular formula is C19H22BrNO. The van der Waals surface area contributed by atoms with Crippen LogP contribution >= 0.6 is 15.9 Å². The molecule has 0 aliphatic heterocycles. The fourth-order valence-electron chi connectivity index (χ4n) is 2.90. The van der Waals surface area contributed by atoms with E-state index in [-0.39, 0.29) is 0 Å². The van der Waals surface area contributed by atoms with Crippen LogP contribution in [0.1, 0.15) is 36.8 Å². The van der Waals surface area contributed by atoms with Crippen molar-refractivity contribution in [3.05, 3.63) is 64.1 Å². The Labute approximate surface area is 141 Å². The van der Waals surface area contributed by atoms with Gasteiger partial charge in [0.05, 0.1) is 4.47 Å². The number of halogens is 1. The minimum atomic E-state index is 0.596. The monoisotopic (exact) mass is 359 g/mol. The number of hydrogen-bond acceptors (Lipinski definition) is 2. The van der Waals surface area contributed by atoms with Gasteiger partial charge in [-0.1, -0.05) is 49.2 Å². The maximum absolute atomic E-state index is 5.89. The van der Waals surface area contributed by atoms with E-state index in [1.807, 2.05) is 18.2 Å². The average Bonchev–Trinajstić information content (AvgIpc) is 3.06. The highest BCUT2D eigenvalue weighted by molar-refractivity contribution is 9.10. The van der Waals surface area contributed by atoms with Gasteiger partial charge in [-0.2, -0.15) is 0 Å². The summed E-state index contributed by atoms with van der Waals surface area (Å²) in [5, 5.41) is 3.64. The van der Waals surface area contributed by atoms with Crippen molar-refractivity contribution in [2.45, 2.75) is 44.9 Å². The lowest BCUT2D eigenvalue weighted by Gasteiger charge is -2.13. The molecule has 0 radical (unpaired) electrons. The quantitative estimate of drug-likeness (QED) is 0.777. The maximum atomic E-state index is 5.89. The standard InChI is InChI=1S/C19H22BrNO/c20-18-12-16(13-21-17-8-4-5-9-17)10-11-19(18)22-14-15-6-2-1-3-7-15/h1-3,6-7,10-12,17,21H,4-5,8-9,13-14H2. The summed E-state index contributed by atoms with van der Waals surface area (Å²) < 4.78 is 6.91. The Hall–Kier alpha value is -1.32. The van der Waals surface area contributed by atoms with Gasteiger partial charge in [0, 0.05) is 12.6 Å². The highest BCUT2D eigenvalue weighted by Crippen LogP contribution is 2.27. The lowest BCUT2D eigenvalue weighted by atomic mass is 10.2. The third-order valence-electron chi connectivity index (χ3n) is 4.18. The summed E-state index contributed by atoms with van der Waals surface area (Å²) in [7, 11) is 0. The molecule has 1 aliphatic carbocycles. The highest BCUT2D eigenvalue weighted by atomic mass is 79.9. The molecule has 0 aromatic heterocycles. The molecule has 0 unspecified atom stereocenters. The van der Waals surface area contributed by atoms with Crippen LogP contribution in [0, 0.1) is 0 Å². The predicted molar refractivity (Wildman–Crippen MR) is 94.0 cm³/mol. The molecule has 0 saturated heterocycles. The Morgan fingerprint density at radius 1 is 1.00 bits per heavy atom. The zero-order valence-electron chi connectivity index (χ0n) is 12.7. The third kappa shape index (κ3) is 4.34. The lowest BCUT2D eigenvalue weighted by molar-refractivity contribution is 0.304. The van der Waals surface area contributed by atoms with E-state index in [1.54, 1.807) is 0 Å². The minimum absolute atomic E-state index is 0.596. The van der Waals surface area contributed by atoms with Gasteiger partial charge in [0.2, 0.25) is 0 Å². The zero-order valence-corrected chi connectivity index (χ0v) is 14.3. The predicted octanol–water partition coefficient (Wildman–Crippen LogP) is 5.06. The van der Waals surface area contributed by atoms with Crippen molar-refractivity contribution < 1.29 is 4.74 Å². The van der Waals surface area contributed by atoms with E-state index in [2.05, 4.69) is 51.6 Å². The van der Waals surface area contributed by atoms with Crippen molar-refractivity contribution in [3.8, 4) is 5.75 Å². The van der Waals surface area contributed by atoms with Crippen molar-refractivity contribution in [1.29, 1.82) is 0 Å². The minimum Gasteiger partial charge on any atom is -0.488 e. The molecule has 0 spiro atoms. The summed E-state index contributed by atoms with van der Waals surface area (Å²) in [5.74, 6) is 0.897. The van der Waals surface area contributed by atoms with Gasteiger partial charge in [-0.15, -0.1) is 0 Å². The molecule has 116 valence electrons. The first-order chi connectivity index (χ1) is 10.8. The first kappa shape index (κ1) is 15.6.